The van der Waals surface area contributed by atoms with E-state index in [0.29, 0.717) is 24.5 Å². The van der Waals surface area contributed by atoms with Crippen LogP contribution in [-0.2, 0) is 13.7 Å². The van der Waals surface area contributed by atoms with Crippen molar-refractivity contribution < 1.29 is 13.7 Å². The zero-order valence-electron chi connectivity index (χ0n) is 12.4. The zero-order valence-corrected chi connectivity index (χ0v) is 13.3. The number of ether oxygens (including phenoxy) is 2. The quantitative estimate of drug-likeness (QED) is 0.407. The average Bonchev–Trinajstić information content (AvgIpc) is 2.33. The van der Waals surface area contributed by atoms with Crippen molar-refractivity contribution >= 4 is 12.9 Å². The van der Waals surface area contributed by atoms with E-state index < -0.39 is 0 Å². The predicted octanol–water partition coefficient (Wildman–Crippen LogP) is 3.04. The highest BCUT2D eigenvalue weighted by Crippen LogP contribution is 2.22. The van der Waals surface area contributed by atoms with Crippen LogP contribution in [0.2, 0.25) is 0 Å². The van der Waals surface area contributed by atoms with Gasteiger partial charge in [0.15, 0.2) is 0 Å². The summed E-state index contributed by atoms with van der Waals surface area (Å²) in [6, 6.07) is 0. The molecule has 0 unspecified atom stereocenters. The van der Waals surface area contributed by atoms with Crippen LogP contribution in [0.4, 0.5) is 0 Å². The van der Waals surface area contributed by atoms with Crippen molar-refractivity contribution in [2.24, 2.45) is 5.73 Å². The molecule has 0 radical (unpaired) electrons. The lowest BCUT2D eigenvalue weighted by Gasteiger charge is -2.31. The second-order valence-electron chi connectivity index (χ2n) is 5.68. The van der Waals surface area contributed by atoms with E-state index in [4.69, 9.17) is 19.4 Å². The second kappa shape index (κ2) is 7.26. The average molecular weight is 277 g/mol. The van der Waals surface area contributed by atoms with Gasteiger partial charge in [0.1, 0.15) is 5.76 Å². The first kappa shape index (κ1) is 17.6. The summed E-state index contributed by atoms with van der Waals surface area (Å²) >= 11 is 3.73. The Kier molecular flexibility index (Phi) is 7.10. The molecule has 0 saturated carbocycles. The molecule has 0 aromatic rings. The van der Waals surface area contributed by atoms with Gasteiger partial charge < -0.3 is 19.4 Å². The molecule has 108 valence electrons. The minimum atomic E-state index is -0.275. The summed E-state index contributed by atoms with van der Waals surface area (Å²) in [5.74, 6) is 0.645. The molecule has 18 heavy (non-hydrogen) atoms. The molecular formula is C13H27NO3S. The van der Waals surface area contributed by atoms with Gasteiger partial charge in [0.25, 0.3) is 0 Å². The Morgan fingerprint density at radius 2 is 1.72 bits per heavy atom. The molecule has 0 amide bonds. The van der Waals surface area contributed by atoms with Gasteiger partial charge in [0.05, 0.1) is 17.8 Å². The third kappa shape index (κ3) is 7.13. The molecule has 0 bridgehead atoms. The van der Waals surface area contributed by atoms with Gasteiger partial charge in [-0.1, -0.05) is 0 Å². The molecule has 0 saturated heterocycles. The molecule has 0 spiro atoms. The number of nitrogens with two attached hydrogens (primary N) is 1. The number of rotatable bonds is 8. The molecule has 5 heteroatoms. The summed E-state index contributed by atoms with van der Waals surface area (Å²) in [6.07, 6.45) is 1.53. The van der Waals surface area contributed by atoms with Gasteiger partial charge in [0, 0.05) is 25.7 Å². The molecule has 0 atom stereocenters. The van der Waals surface area contributed by atoms with Crippen LogP contribution in [-0.4, -0.2) is 24.9 Å². The molecule has 0 aromatic heterocycles. The summed E-state index contributed by atoms with van der Waals surface area (Å²) in [4.78, 5) is 0. The minimum absolute atomic E-state index is 0.253. The number of thiol groups is 1. The van der Waals surface area contributed by atoms with Gasteiger partial charge in [-0.05, 0) is 47.5 Å². The number of allylic oxidation sites excluding steroid dienone is 2. The third-order valence-corrected chi connectivity index (χ3v) is 3.22. The maximum atomic E-state index is 5.89. The normalized spacial score (nSPS) is 14.4. The highest BCUT2D eigenvalue weighted by molar-refractivity contribution is 7.75. The van der Waals surface area contributed by atoms with E-state index in [1.165, 1.54) is 0 Å². The lowest BCUT2D eigenvalue weighted by Crippen LogP contribution is -2.36. The monoisotopic (exact) mass is 277 g/mol. The van der Waals surface area contributed by atoms with Crippen molar-refractivity contribution in [1.82, 2.24) is 0 Å². The molecule has 0 fully saturated rings. The van der Waals surface area contributed by atoms with E-state index in [-0.39, 0.29) is 11.2 Å². The molecule has 0 heterocycles. The van der Waals surface area contributed by atoms with Gasteiger partial charge in [0.2, 0.25) is 0 Å². The zero-order chi connectivity index (χ0) is 14.4. The van der Waals surface area contributed by atoms with E-state index in [0.717, 1.165) is 6.42 Å². The minimum Gasteiger partial charge on any atom is -0.432 e. The highest BCUT2D eigenvalue weighted by Gasteiger charge is 2.24. The SMILES string of the molecule is COC(C)(C)COC(C)(C)CC/C(N)=C(/C)OS. The van der Waals surface area contributed by atoms with Gasteiger partial charge in [-0.3, -0.25) is 0 Å². The van der Waals surface area contributed by atoms with Crippen molar-refractivity contribution in [3.63, 3.8) is 0 Å². The molecular weight excluding hydrogens is 250 g/mol. The maximum Gasteiger partial charge on any atom is 0.129 e. The van der Waals surface area contributed by atoms with Gasteiger partial charge in [-0.2, -0.15) is 0 Å². The maximum absolute atomic E-state index is 5.89. The Morgan fingerprint density at radius 3 is 2.17 bits per heavy atom. The lowest BCUT2D eigenvalue weighted by atomic mass is 10.0. The summed E-state index contributed by atoms with van der Waals surface area (Å²) in [5.41, 5.74) is 6.04. The highest BCUT2D eigenvalue weighted by atomic mass is 32.1. The number of hydrogen-bond donors (Lipinski definition) is 2. The first-order valence-corrected chi connectivity index (χ1v) is 6.46. The summed E-state index contributed by atoms with van der Waals surface area (Å²) in [6.45, 7) is 10.4. The fourth-order valence-electron chi connectivity index (χ4n) is 1.17. The molecule has 4 nitrogen and oxygen atoms in total. The van der Waals surface area contributed by atoms with Crippen LogP contribution in [0.15, 0.2) is 11.5 Å². The predicted molar refractivity (Wildman–Crippen MR) is 77.3 cm³/mol. The van der Waals surface area contributed by atoms with E-state index >= 15 is 0 Å². The van der Waals surface area contributed by atoms with Crippen molar-refractivity contribution in [3.8, 4) is 0 Å². The van der Waals surface area contributed by atoms with Crippen molar-refractivity contribution in [3.05, 3.63) is 11.5 Å². The van der Waals surface area contributed by atoms with Crippen molar-refractivity contribution in [2.45, 2.75) is 58.7 Å². The summed E-state index contributed by atoms with van der Waals surface area (Å²) < 4.78 is 16.0. The number of hydrogen-bond acceptors (Lipinski definition) is 5. The van der Waals surface area contributed by atoms with Crippen LogP contribution < -0.4 is 5.73 Å². The standard InChI is InChI=1S/C13H27NO3S/c1-10(17-18)11(14)7-8-12(2,3)16-9-13(4,5)15-6/h18H,7-9,14H2,1-6H3/b11-10+. The van der Waals surface area contributed by atoms with Crippen LogP contribution >= 0.6 is 12.9 Å². The smallest absolute Gasteiger partial charge is 0.129 e. The van der Waals surface area contributed by atoms with Crippen molar-refractivity contribution in [2.75, 3.05) is 13.7 Å². The van der Waals surface area contributed by atoms with E-state index in [2.05, 4.69) is 12.9 Å². The van der Waals surface area contributed by atoms with Crippen LogP contribution in [0.3, 0.4) is 0 Å². The molecule has 2 N–H and O–H groups in total. The van der Waals surface area contributed by atoms with E-state index in [1.54, 1.807) is 14.0 Å². The molecule has 0 aliphatic carbocycles. The molecule has 0 aliphatic heterocycles. The van der Waals surface area contributed by atoms with Gasteiger partial charge in [-0.15, -0.1) is 0 Å². The van der Waals surface area contributed by atoms with Crippen molar-refractivity contribution in [1.29, 1.82) is 0 Å². The topological polar surface area (TPSA) is 53.7 Å². The fraction of sp³-hybridized carbons (Fsp3) is 0.846. The molecule has 0 aromatic carbocycles. The summed E-state index contributed by atoms with van der Waals surface area (Å²) in [5, 5.41) is 0. The molecule has 0 rings (SSSR count). The fourth-order valence-corrected chi connectivity index (χ4v) is 1.29. The molecule has 0 aliphatic rings. The first-order valence-electron chi connectivity index (χ1n) is 6.09. The Balaban J connectivity index is 4.24. The van der Waals surface area contributed by atoms with E-state index in [1.807, 2.05) is 27.7 Å². The Labute approximate surface area is 116 Å². The van der Waals surface area contributed by atoms with Gasteiger partial charge in [-0.25, -0.2) is 0 Å². The lowest BCUT2D eigenvalue weighted by molar-refractivity contribution is -0.108. The van der Waals surface area contributed by atoms with Crippen LogP contribution in [0, 0.1) is 0 Å². The third-order valence-electron chi connectivity index (χ3n) is 2.95. The Bertz CT molecular complexity index is 288. The Hall–Kier alpha value is -0.390. The van der Waals surface area contributed by atoms with Gasteiger partial charge >= 0.3 is 0 Å². The Morgan fingerprint density at radius 1 is 1.17 bits per heavy atom. The van der Waals surface area contributed by atoms with Crippen LogP contribution in [0.5, 0.6) is 0 Å². The largest absolute Gasteiger partial charge is 0.432 e. The number of methoxy groups -OCH3 is 1. The second-order valence-corrected chi connectivity index (χ2v) is 5.87. The van der Waals surface area contributed by atoms with Crippen LogP contribution in [0.25, 0.3) is 0 Å². The summed E-state index contributed by atoms with van der Waals surface area (Å²) in [7, 11) is 1.68. The van der Waals surface area contributed by atoms with Crippen LogP contribution in [0.1, 0.15) is 47.5 Å². The first-order chi connectivity index (χ1) is 8.13. The van der Waals surface area contributed by atoms with E-state index in [9.17, 15) is 0 Å².